The molecule has 0 saturated heterocycles. The molecule has 0 atom stereocenters. The van der Waals surface area contributed by atoms with E-state index in [1.54, 1.807) is 12.4 Å². The van der Waals surface area contributed by atoms with E-state index in [0.29, 0.717) is 11.1 Å². The highest BCUT2D eigenvalue weighted by molar-refractivity contribution is 6.31. The molecule has 0 radical (unpaired) electrons. The Labute approximate surface area is 112 Å². The van der Waals surface area contributed by atoms with E-state index in [1.807, 2.05) is 25.1 Å². The summed E-state index contributed by atoms with van der Waals surface area (Å²) in [5.74, 6) is 0. The molecule has 2 aromatic rings. The third-order valence-electron chi connectivity index (χ3n) is 2.48. The smallest absolute Gasteiger partial charge is 0.0906 e. The Morgan fingerprint density at radius 3 is 2.56 bits per heavy atom. The molecular weight excluding hydrogens is 246 g/mol. The quantitative estimate of drug-likeness (QED) is 0.910. The summed E-state index contributed by atoms with van der Waals surface area (Å²) in [6.07, 6.45) is 3.55. The molecule has 4 heteroatoms. The van der Waals surface area contributed by atoms with Gasteiger partial charge in [-0.25, -0.2) is 0 Å². The molecule has 18 heavy (non-hydrogen) atoms. The normalized spacial score (nSPS) is 10.7. The molecule has 3 nitrogen and oxygen atoms in total. The largest absolute Gasteiger partial charge is 0.382 e. The van der Waals surface area contributed by atoms with Gasteiger partial charge in [0.2, 0.25) is 0 Å². The average molecular weight is 262 g/mol. The lowest BCUT2D eigenvalue weighted by molar-refractivity contribution is 0.900. The zero-order valence-corrected chi connectivity index (χ0v) is 11.5. The van der Waals surface area contributed by atoms with Crippen molar-refractivity contribution in [1.29, 1.82) is 0 Å². The van der Waals surface area contributed by atoms with E-state index in [2.05, 4.69) is 29.1 Å². The summed E-state index contributed by atoms with van der Waals surface area (Å²) in [5, 5.41) is 4.09. The topological polar surface area (TPSA) is 37.8 Å². The van der Waals surface area contributed by atoms with Crippen molar-refractivity contribution in [2.75, 3.05) is 5.32 Å². The molecule has 0 aliphatic carbocycles. The minimum Gasteiger partial charge on any atom is -0.382 e. The number of rotatable bonds is 3. The van der Waals surface area contributed by atoms with Gasteiger partial charge in [-0.15, -0.1) is 0 Å². The second-order valence-electron chi connectivity index (χ2n) is 4.53. The molecule has 0 saturated carbocycles. The number of benzene rings is 1. The van der Waals surface area contributed by atoms with Gasteiger partial charge in [-0.05, 0) is 39.0 Å². The molecule has 0 bridgehead atoms. The SMILES string of the molecule is Cc1cnc(-c2ccc(Cl)cc2NC(C)C)cn1. The van der Waals surface area contributed by atoms with Crippen LogP contribution >= 0.6 is 11.6 Å². The van der Waals surface area contributed by atoms with Gasteiger partial charge in [-0.3, -0.25) is 9.97 Å². The zero-order chi connectivity index (χ0) is 13.1. The second-order valence-corrected chi connectivity index (χ2v) is 4.97. The van der Waals surface area contributed by atoms with Gasteiger partial charge >= 0.3 is 0 Å². The lowest BCUT2D eigenvalue weighted by atomic mass is 10.1. The maximum Gasteiger partial charge on any atom is 0.0906 e. The van der Waals surface area contributed by atoms with Crippen molar-refractivity contribution < 1.29 is 0 Å². The summed E-state index contributed by atoms with van der Waals surface area (Å²) in [6, 6.07) is 6.08. The van der Waals surface area contributed by atoms with Crippen LogP contribution in [0, 0.1) is 6.92 Å². The Balaban J connectivity index is 2.45. The van der Waals surface area contributed by atoms with Crippen molar-refractivity contribution in [3.63, 3.8) is 0 Å². The van der Waals surface area contributed by atoms with Gasteiger partial charge in [-0.1, -0.05) is 11.6 Å². The lowest BCUT2D eigenvalue weighted by Gasteiger charge is -2.14. The Kier molecular flexibility index (Phi) is 3.82. The molecule has 0 unspecified atom stereocenters. The standard InChI is InChI=1S/C14H16ClN3/c1-9(2)18-13-6-11(15)4-5-12(13)14-8-16-10(3)7-17-14/h4-9,18H,1-3H3. The van der Waals surface area contributed by atoms with E-state index in [9.17, 15) is 0 Å². The van der Waals surface area contributed by atoms with Crippen LogP contribution in [0.1, 0.15) is 19.5 Å². The number of nitrogens with one attached hydrogen (secondary N) is 1. The van der Waals surface area contributed by atoms with Crippen LogP contribution in [0.2, 0.25) is 5.02 Å². The first-order valence-electron chi connectivity index (χ1n) is 5.91. The van der Waals surface area contributed by atoms with Crippen LogP contribution in [-0.4, -0.2) is 16.0 Å². The molecule has 2 rings (SSSR count). The van der Waals surface area contributed by atoms with Crippen LogP contribution in [0.25, 0.3) is 11.3 Å². The van der Waals surface area contributed by atoms with Crippen LogP contribution < -0.4 is 5.32 Å². The first-order valence-corrected chi connectivity index (χ1v) is 6.29. The van der Waals surface area contributed by atoms with Crippen LogP contribution in [0.15, 0.2) is 30.6 Å². The fourth-order valence-electron chi connectivity index (χ4n) is 1.70. The van der Waals surface area contributed by atoms with Crippen LogP contribution in [0.3, 0.4) is 0 Å². The van der Waals surface area contributed by atoms with Crippen molar-refractivity contribution in [2.24, 2.45) is 0 Å². The molecule has 0 amide bonds. The van der Waals surface area contributed by atoms with Crippen molar-refractivity contribution in [1.82, 2.24) is 9.97 Å². The molecular formula is C14H16ClN3. The molecule has 94 valence electrons. The average Bonchev–Trinajstić information content (AvgIpc) is 2.30. The summed E-state index contributed by atoms with van der Waals surface area (Å²) >= 11 is 6.04. The second kappa shape index (κ2) is 5.36. The van der Waals surface area contributed by atoms with Gasteiger partial charge in [0.15, 0.2) is 0 Å². The van der Waals surface area contributed by atoms with Crippen LogP contribution in [-0.2, 0) is 0 Å². The van der Waals surface area contributed by atoms with E-state index in [1.165, 1.54) is 0 Å². The zero-order valence-electron chi connectivity index (χ0n) is 10.7. The minimum atomic E-state index is 0.334. The van der Waals surface area contributed by atoms with Crippen molar-refractivity contribution >= 4 is 17.3 Å². The number of nitrogens with zero attached hydrogens (tertiary/aromatic N) is 2. The van der Waals surface area contributed by atoms with Gasteiger partial charge in [0.25, 0.3) is 0 Å². The van der Waals surface area contributed by atoms with Crippen molar-refractivity contribution in [3.05, 3.63) is 41.3 Å². The monoisotopic (exact) mass is 261 g/mol. The summed E-state index contributed by atoms with van der Waals surface area (Å²) in [4.78, 5) is 8.68. The van der Waals surface area contributed by atoms with Gasteiger partial charge in [0, 0.05) is 28.5 Å². The summed E-state index contributed by atoms with van der Waals surface area (Å²) in [7, 11) is 0. The molecule has 0 spiro atoms. The molecule has 1 aromatic carbocycles. The number of aryl methyl sites for hydroxylation is 1. The van der Waals surface area contributed by atoms with E-state index in [0.717, 1.165) is 22.6 Å². The molecule has 0 aliphatic rings. The Morgan fingerprint density at radius 1 is 1.17 bits per heavy atom. The summed E-state index contributed by atoms with van der Waals surface area (Å²) in [6.45, 7) is 6.10. The highest BCUT2D eigenvalue weighted by Gasteiger charge is 2.08. The Hall–Kier alpha value is -1.61. The van der Waals surface area contributed by atoms with E-state index in [-0.39, 0.29) is 0 Å². The van der Waals surface area contributed by atoms with E-state index in [4.69, 9.17) is 11.6 Å². The Morgan fingerprint density at radius 2 is 1.94 bits per heavy atom. The number of aromatic nitrogens is 2. The minimum absolute atomic E-state index is 0.334. The van der Waals surface area contributed by atoms with Crippen LogP contribution in [0.4, 0.5) is 5.69 Å². The highest BCUT2D eigenvalue weighted by Crippen LogP contribution is 2.29. The first-order chi connectivity index (χ1) is 8.56. The Bertz CT molecular complexity index is 535. The van der Waals surface area contributed by atoms with Gasteiger partial charge in [0.1, 0.15) is 0 Å². The van der Waals surface area contributed by atoms with E-state index >= 15 is 0 Å². The molecule has 0 aliphatic heterocycles. The molecule has 1 aromatic heterocycles. The van der Waals surface area contributed by atoms with Crippen molar-refractivity contribution in [2.45, 2.75) is 26.8 Å². The fourth-order valence-corrected chi connectivity index (χ4v) is 1.87. The molecule has 1 heterocycles. The molecule has 0 fully saturated rings. The first kappa shape index (κ1) is 12.8. The van der Waals surface area contributed by atoms with Crippen LogP contribution in [0.5, 0.6) is 0 Å². The number of anilines is 1. The van der Waals surface area contributed by atoms with Crippen molar-refractivity contribution in [3.8, 4) is 11.3 Å². The third kappa shape index (κ3) is 2.99. The highest BCUT2D eigenvalue weighted by atomic mass is 35.5. The lowest BCUT2D eigenvalue weighted by Crippen LogP contribution is -2.10. The number of hydrogen-bond acceptors (Lipinski definition) is 3. The maximum atomic E-state index is 6.04. The maximum absolute atomic E-state index is 6.04. The fraction of sp³-hybridized carbons (Fsp3) is 0.286. The predicted octanol–water partition coefficient (Wildman–Crippen LogP) is 3.93. The molecule has 1 N–H and O–H groups in total. The van der Waals surface area contributed by atoms with Gasteiger partial charge in [-0.2, -0.15) is 0 Å². The predicted molar refractivity (Wildman–Crippen MR) is 76.0 cm³/mol. The third-order valence-corrected chi connectivity index (χ3v) is 2.72. The number of halogens is 1. The summed E-state index contributed by atoms with van der Waals surface area (Å²) in [5.41, 5.74) is 3.75. The summed E-state index contributed by atoms with van der Waals surface area (Å²) < 4.78 is 0. The van der Waals surface area contributed by atoms with E-state index < -0.39 is 0 Å². The van der Waals surface area contributed by atoms with Gasteiger partial charge in [0.05, 0.1) is 17.6 Å². The number of hydrogen-bond donors (Lipinski definition) is 1. The van der Waals surface area contributed by atoms with Gasteiger partial charge < -0.3 is 5.32 Å².